The standard InChI is InChI=1S/C18H20N6O/c1-23(2)18(25)14-6-9-20-16(10-14)21-11-15-12-24(3)22-17(15)13-4-7-19-8-5-13/h4-10,12H,11H2,1-3H3,(H,20,21). The van der Waals surface area contributed by atoms with Crippen LogP contribution in [0, 0.1) is 0 Å². The highest BCUT2D eigenvalue weighted by molar-refractivity contribution is 5.94. The number of rotatable bonds is 5. The monoisotopic (exact) mass is 336 g/mol. The van der Waals surface area contributed by atoms with E-state index in [-0.39, 0.29) is 5.91 Å². The molecule has 0 atom stereocenters. The summed E-state index contributed by atoms with van der Waals surface area (Å²) < 4.78 is 1.78. The van der Waals surface area contributed by atoms with Crippen molar-refractivity contribution in [2.75, 3.05) is 19.4 Å². The van der Waals surface area contributed by atoms with Gasteiger partial charge in [0.25, 0.3) is 5.91 Å². The summed E-state index contributed by atoms with van der Waals surface area (Å²) >= 11 is 0. The number of amides is 1. The number of hydrogen-bond acceptors (Lipinski definition) is 5. The van der Waals surface area contributed by atoms with Crippen LogP contribution in [0.5, 0.6) is 0 Å². The zero-order valence-corrected chi connectivity index (χ0v) is 14.5. The largest absolute Gasteiger partial charge is 0.366 e. The van der Waals surface area contributed by atoms with E-state index in [1.807, 2.05) is 25.4 Å². The molecule has 7 nitrogen and oxygen atoms in total. The van der Waals surface area contributed by atoms with Crippen LogP contribution >= 0.6 is 0 Å². The Morgan fingerprint density at radius 1 is 1.20 bits per heavy atom. The maximum absolute atomic E-state index is 12.1. The normalized spacial score (nSPS) is 10.5. The summed E-state index contributed by atoms with van der Waals surface area (Å²) in [5, 5.41) is 7.80. The smallest absolute Gasteiger partial charge is 0.253 e. The molecular weight excluding hydrogens is 316 g/mol. The Morgan fingerprint density at radius 3 is 2.68 bits per heavy atom. The van der Waals surface area contributed by atoms with Crippen molar-refractivity contribution in [1.82, 2.24) is 24.6 Å². The average molecular weight is 336 g/mol. The molecule has 3 aromatic rings. The number of carbonyl (C=O) groups is 1. The number of aryl methyl sites for hydroxylation is 1. The molecule has 7 heteroatoms. The maximum atomic E-state index is 12.1. The molecule has 1 N–H and O–H groups in total. The number of nitrogens with zero attached hydrogens (tertiary/aromatic N) is 5. The van der Waals surface area contributed by atoms with E-state index < -0.39 is 0 Å². The van der Waals surface area contributed by atoms with E-state index in [4.69, 9.17) is 0 Å². The highest BCUT2D eigenvalue weighted by atomic mass is 16.2. The SMILES string of the molecule is CN(C)C(=O)c1ccnc(NCc2cn(C)nc2-c2ccncc2)c1. The molecule has 3 rings (SSSR count). The molecule has 1 amide bonds. The Morgan fingerprint density at radius 2 is 1.96 bits per heavy atom. The lowest BCUT2D eigenvalue weighted by Crippen LogP contribution is -2.21. The minimum absolute atomic E-state index is 0.0516. The van der Waals surface area contributed by atoms with Crippen LogP contribution in [-0.2, 0) is 13.6 Å². The summed E-state index contributed by atoms with van der Waals surface area (Å²) in [4.78, 5) is 21.9. The lowest BCUT2D eigenvalue weighted by atomic mass is 10.1. The first-order chi connectivity index (χ1) is 12.0. The predicted octanol–water partition coefficient (Wildman–Crippen LogP) is 2.19. The minimum atomic E-state index is -0.0516. The minimum Gasteiger partial charge on any atom is -0.366 e. The molecule has 0 spiro atoms. The second-order valence-electron chi connectivity index (χ2n) is 5.90. The van der Waals surface area contributed by atoms with Gasteiger partial charge in [-0.2, -0.15) is 5.10 Å². The molecule has 25 heavy (non-hydrogen) atoms. The van der Waals surface area contributed by atoms with Crippen LogP contribution in [0.25, 0.3) is 11.3 Å². The lowest BCUT2D eigenvalue weighted by molar-refractivity contribution is 0.0827. The van der Waals surface area contributed by atoms with Gasteiger partial charge in [-0.3, -0.25) is 14.5 Å². The lowest BCUT2D eigenvalue weighted by Gasteiger charge is -2.11. The first kappa shape index (κ1) is 16.6. The fourth-order valence-corrected chi connectivity index (χ4v) is 2.52. The van der Waals surface area contributed by atoms with Gasteiger partial charge in [0.1, 0.15) is 5.82 Å². The highest BCUT2D eigenvalue weighted by Gasteiger charge is 2.12. The zero-order chi connectivity index (χ0) is 17.8. The van der Waals surface area contributed by atoms with Crippen LogP contribution in [0.4, 0.5) is 5.82 Å². The molecule has 3 aromatic heterocycles. The van der Waals surface area contributed by atoms with E-state index >= 15 is 0 Å². The Kier molecular flexibility index (Phi) is 4.74. The van der Waals surface area contributed by atoms with Crippen LogP contribution in [0.3, 0.4) is 0 Å². The number of hydrogen-bond donors (Lipinski definition) is 1. The van der Waals surface area contributed by atoms with Crippen LogP contribution in [-0.4, -0.2) is 44.7 Å². The quantitative estimate of drug-likeness (QED) is 0.773. The molecule has 128 valence electrons. The summed E-state index contributed by atoms with van der Waals surface area (Å²) in [6, 6.07) is 7.33. The van der Waals surface area contributed by atoms with Gasteiger partial charge in [-0.15, -0.1) is 0 Å². The third kappa shape index (κ3) is 3.82. The Bertz CT molecular complexity index is 872. The average Bonchev–Trinajstić information content (AvgIpc) is 3.01. The zero-order valence-electron chi connectivity index (χ0n) is 14.5. The van der Waals surface area contributed by atoms with E-state index in [9.17, 15) is 4.79 Å². The third-order valence-electron chi connectivity index (χ3n) is 3.73. The first-order valence-corrected chi connectivity index (χ1v) is 7.89. The first-order valence-electron chi connectivity index (χ1n) is 7.89. The summed E-state index contributed by atoms with van der Waals surface area (Å²) in [5.74, 6) is 0.599. The summed E-state index contributed by atoms with van der Waals surface area (Å²) in [6.07, 6.45) is 7.10. The molecule has 0 unspecified atom stereocenters. The number of aromatic nitrogens is 4. The van der Waals surface area contributed by atoms with E-state index in [1.165, 1.54) is 0 Å². The molecule has 0 aliphatic carbocycles. The summed E-state index contributed by atoms with van der Waals surface area (Å²) in [6.45, 7) is 0.554. The maximum Gasteiger partial charge on any atom is 0.253 e. The fraction of sp³-hybridized carbons (Fsp3) is 0.222. The van der Waals surface area contributed by atoms with Crippen molar-refractivity contribution in [3.63, 3.8) is 0 Å². The molecule has 0 saturated carbocycles. The molecular formula is C18H20N6O. The van der Waals surface area contributed by atoms with Crippen LogP contribution in [0.15, 0.2) is 49.1 Å². The topological polar surface area (TPSA) is 75.9 Å². The number of anilines is 1. The van der Waals surface area contributed by atoms with Crippen molar-refractivity contribution >= 4 is 11.7 Å². The van der Waals surface area contributed by atoms with Crippen molar-refractivity contribution < 1.29 is 4.79 Å². The molecule has 0 aromatic carbocycles. The van der Waals surface area contributed by atoms with Crippen LogP contribution in [0.2, 0.25) is 0 Å². The van der Waals surface area contributed by atoms with E-state index in [0.717, 1.165) is 16.8 Å². The van der Waals surface area contributed by atoms with Crippen molar-refractivity contribution in [1.29, 1.82) is 0 Å². The number of pyridine rings is 2. The van der Waals surface area contributed by atoms with Crippen LogP contribution < -0.4 is 5.32 Å². The summed E-state index contributed by atoms with van der Waals surface area (Å²) in [7, 11) is 5.35. The number of carbonyl (C=O) groups excluding carboxylic acids is 1. The van der Waals surface area contributed by atoms with Crippen molar-refractivity contribution in [3.05, 3.63) is 60.2 Å². The molecule has 0 bridgehead atoms. The van der Waals surface area contributed by atoms with Crippen molar-refractivity contribution in [2.45, 2.75) is 6.54 Å². The van der Waals surface area contributed by atoms with E-state index in [1.54, 1.807) is 54.4 Å². The molecule has 0 saturated heterocycles. The van der Waals surface area contributed by atoms with Crippen molar-refractivity contribution in [2.24, 2.45) is 7.05 Å². The number of nitrogens with one attached hydrogen (secondary N) is 1. The predicted molar refractivity (Wildman–Crippen MR) is 96.0 cm³/mol. The van der Waals surface area contributed by atoms with Gasteiger partial charge in [0.2, 0.25) is 0 Å². The highest BCUT2D eigenvalue weighted by Crippen LogP contribution is 2.22. The van der Waals surface area contributed by atoms with Crippen molar-refractivity contribution in [3.8, 4) is 11.3 Å². The molecule has 0 aliphatic heterocycles. The van der Waals surface area contributed by atoms with Gasteiger partial charge in [-0.25, -0.2) is 4.98 Å². The van der Waals surface area contributed by atoms with Gasteiger partial charge < -0.3 is 10.2 Å². The van der Waals surface area contributed by atoms with E-state index in [2.05, 4.69) is 20.4 Å². The fourth-order valence-electron chi connectivity index (χ4n) is 2.52. The Hall–Kier alpha value is -3.22. The van der Waals surface area contributed by atoms with Crippen LogP contribution in [0.1, 0.15) is 15.9 Å². The molecule has 3 heterocycles. The Labute approximate surface area is 146 Å². The Balaban J connectivity index is 1.79. The second-order valence-corrected chi connectivity index (χ2v) is 5.90. The van der Waals surface area contributed by atoms with E-state index in [0.29, 0.717) is 17.9 Å². The van der Waals surface area contributed by atoms with Gasteiger partial charge in [0.05, 0.1) is 5.69 Å². The molecule has 0 fully saturated rings. The van der Waals surface area contributed by atoms with Gasteiger partial charge in [0.15, 0.2) is 0 Å². The third-order valence-corrected chi connectivity index (χ3v) is 3.73. The van der Waals surface area contributed by atoms with Gasteiger partial charge >= 0.3 is 0 Å². The second kappa shape index (κ2) is 7.12. The van der Waals surface area contributed by atoms with Gasteiger partial charge in [-0.1, -0.05) is 0 Å². The van der Waals surface area contributed by atoms with Gasteiger partial charge in [-0.05, 0) is 24.3 Å². The molecule has 0 aliphatic rings. The summed E-state index contributed by atoms with van der Waals surface area (Å²) in [5.41, 5.74) is 3.55. The van der Waals surface area contributed by atoms with Gasteiger partial charge in [0, 0.05) is 69.2 Å². The molecule has 0 radical (unpaired) electrons.